The van der Waals surface area contributed by atoms with E-state index in [1.165, 1.54) is 0 Å². The summed E-state index contributed by atoms with van der Waals surface area (Å²) in [6.45, 7) is 3.65. The standard InChI is InChI=1S/C20H19N3O5S/c1-20(2)27-15-9-6-13(10-16(15)28-20)21-17(24)11-29-19-23-22-18(26-19)12-4-7-14(25-3)8-5-12/h4-10H,11H2,1-3H3,(H,21,24). The van der Waals surface area contributed by atoms with Crippen molar-refractivity contribution in [3.05, 3.63) is 42.5 Å². The van der Waals surface area contributed by atoms with Gasteiger partial charge in [-0.2, -0.15) is 0 Å². The fourth-order valence-electron chi connectivity index (χ4n) is 2.74. The summed E-state index contributed by atoms with van der Waals surface area (Å²) in [5.74, 6) is 1.60. The van der Waals surface area contributed by atoms with Crippen molar-refractivity contribution >= 4 is 23.4 Å². The maximum Gasteiger partial charge on any atom is 0.277 e. The highest BCUT2D eigenvalue weighted by Crippen LogP contribution is 2.40. The molecule has 0 fully saturated rings. The number of nitrogens with one attached hydrogen (secondary N) is 1. The van der Waals surface area contributed by atoms with E-state index in [2.05, 4.69) is 15.5 Å². The van der Waals surface area contributed by atoms with Gasteiger partial charge in [0.25, 0.3) is 5.22 Å². The van der Waals surface area contributed by atoms with Crippen molar-refractivity contribution in [2.24, 2.45) is 0 Å². The quantitative estimate of drug-likeness (QED) is 0.606. The molecule has 4 rings (SSSR count). The largest absolute Gasteiger partial charge is 0.497 e. The third-order valence-corrected chi connectivity index (χ3v) is 4.83. The highest BCUT2D eigenvalue weighted by Gasteiger charge is 2.31. The minimum Gasteiger partial charge on any atom is -0.497 e. The average Bonchev–Trinajstić information content (AvgIpc) is 3.29. The molecule has 2 heterocycles. The van der Waals surface area contributed by atoms with E-state index in [1.54, 1.807) is 25.3 Å². The predicted molar refractivity (Wildman–Crippen MR) is 107 cm³/mol. The van der Waals surface area contributed by atoms with Gasteiger partial charge in [-0.3, -0.25) is 4.79 Å². The Bertz CT molecular complexity index is 1030. The van der Waals surface area contributed by atoms with Crippen molar-refractivity contribution in [2.75, 3.05) is 18.2 Å². The number of rotatable bonds is 6. The molecule has 29 heavy (non-hydrogen) atoms. The average molecular weight is 413 g/mol. The molecule has 0 aliphatic carbocycles. The minimum absolute atomic E-state index is 0.129. The van der Waals surface area contributed by atoms with Gasteiger partial charge in [0.2, 0.25) is 17.6 Å². The van der Waals surface area contributed by atoms with E-state index in [0.717, 1.165) is 23.1 Å². The van der Waals surface area contributed by atoms with Crippen LogP contribution in [0.25, 0.3) is 11.5 Å². The number of amides is 1. The van der Waals surface area contributed by atoms with Crippen LogP contribution in [0.1, 0.15) is 13.8 Å². The zero-order valence-corrected chi connectivity index (χ0v) is 16.9. The normalized spacial score (nSPS) is 13.9. The predicted octanol–water partition coefficient (Wildman–Crippen LogP) is 3.98. The lowest BCUT2D eigenvalue weighted by Gasteiger charge is -2.16. The zero-order valence-electron chi connectivity index (χ0n) is 16.1. The van der Waals surface area contributed by atoms with Crippen LogP contribution in [0.15, 0.2) is 52.1 Å². The first-order valence-corrected chi connectivity index (χ1v) is 9.83. The van der Waals surface area contributed by atoms with Gasteiger partial charge in [0.1, 0.15) is 5.75 Å². The number of carbonyl (C=O) groups is 1. The van der Waals surface area contributed by atoms with E-state index in [4.69, 9.17) is 18.6 Å². The van der Waals surface area contributed by atoms with Crippen molar-refractivity contribution in [1.82, 2.24) is 10.2 Å². The SMILES string of the molecule is COc1ccc(-c2nnc(SCC(=O)Nc3ccc4c(c3)OC(C)(C)O4)o2)cc1. The zero-order chi connectivity index (χ0) is 20.4. The molecule has 1 N–H and O–H groups in total. The van der Waals surface area contributed by atoms with E-state index >= 15 is 0 Å². The lowest BCUT2D eigenvalue weighted by Crippen LogP contribution is -2.29. The van der Waals surface area contributed by atoms with Gasteiger partial charge in [-0.15, -0.1) is 10.2 Å². The Hall–Kier alpha value is -3.20. The Kier molecular flexibility index (Phi) is 5.06. The molecule has 0 saturated heterocycles. The van der Waals surface area contributed by atoms with Crippen LogP contribution in [0.2, 0.25) is 0 Å². The van der Waals surface area contributed by atoms with E-state index in [9.17, 15) is 4.79 Å². The summed E-state index contributed by atoms with van der Waals surface area (Å²) >= 11 is 1.16. The molecule has 0 radical (unpaired) electrons. The van der Waals surface area contributed by atoms with Crippen LogP contribution in [-0.2, 0) is 4.79 Å². The summed E-state index contributed by atoms with van der Waals surface area (Å²) in [5, 5.41) is 11.1. The van der Waals surface area contributed by atoms with Crippen LogP contribution < -0.4 is 19.5 Å². The van der Waals surface area contributed by atoms with Crippen molar-refractivity contribution in [2.45, 2.75) is 24.9 Å². The number of benzene rings is 2. The molecule has 0 saturated carbocycles. The number of hydrogen-bond acceptors (Lipinski definition) is 8. The van der Waals surface area contributed by atoms with Gasteiger partial charge in [0.15, 0.2) is 11.5 Å². The van der Waals surface area contributed by atoms with Crippen molar-refractivity contribution < 1.29 is 23.4 Å². The van der Waals surface area contributed by atoms with Crippen molar-refractivity contribution in [3.63, 3.8) is 0 Å². The van der Waals surface area contributed by atoms with Gasteiger partial charge in [0, 0.05) is 31.2 Å². The van der Waals surface area contributed by atoms with Crippen LogP contribution in [0.3, 0.4) is 0 Å². The van der Waals surface area contributed by atoms with Crippen LogP contribution in [0, 0.1) is 0 Å². The molecule has 2 aromatic carbocycles. The van der Waals surface area contributed by atoms with Gasteiger partial charge in [-0.25, -0.2) is 0 Å². The van der Waals surface area contributed by atoms with Gasteiger partial charge in [-0.05, 0) is 36.4 Å². The fourth-order valence-corrected chi connectivity index (χ4v) is 3.31. The summed E-state index contributed by atoms with van der Waals surface area (Å²) in [5.41, 5.74) is 1.40. The van der Waals surface area contributed by atoms with Crippen molar-refractivity contribution in [1.29, 1.82) is 0 Å². The molecular weight excluding hydrogens is 394 g/mol. The maximum atomic E-state index is 12.3. The molecule has 1 aliphatic rings. The Balaban J connectivity index is 1.33. The third-order valence-electron chi connectivity index (χ3n) is 4.01. The number of ether oxygens (including phenoxy) is 3. The molecule has 0 atom stereocenters. The summed E-state index contributed by atoms with van der Waals surface area (Å²) in [6.07, 6.45) is 0. The summed E-state index contributed by atoms with van der Waals surface area (Å²) in [6, 6.07) is 12.6. The maximum absolute atomic E-state index is 12.3. The molecule has 1 aliphatic heterocycles. The monoisotopic (exact) mass is 413 g/mol. The molecule has 8 nitrogen and oxygen atoms in total. The number of fused-ring (bicyclic) bond motifs is 1. The summed E-state index contributed by atoms with van der Waals surface area (Å²) in [7, 11) is 1.60. The Morgan fingerprint density at radius 3 is 2.62 bits per heavy atom. The number of aromatic nitrogens is 2. The molecule has 9 heteroatoms. The van der Waals surface area contributed by atoms with Gasteiger partial charge >= 0.3 is 0 Å². The minimum atomic E-state index is -0.708. The Morgan fingerprint density at radius 1 is 1.10 bits per heavy atom. The fraction of sp³-hybridized carbons (Fsp3) is 0.250. The molecule has 150 valence electrons. The van der Waals surface area contributed by atoms with Crippen molar-refractivity contribution in [3.8, 4) is 28.7 Å². The number of anilines is 1. The molecule has 0 unspecified atom stereocenters. The van der Waals surface area contributed by atoms with Crippen LogP contribution >= 0.6 is 11.8 Å². The lowest BCUT2D eigenvalue weighted by atomic mass is 10.2. The molecule has 1 aromatic heterocycles. The summed E-state index contributed by atoms with van der Waals surface area (Å²) < 4.78 is 22.1. The topological polar surface area (TPSA) is 95.7 Å². The first-order chi connectivity index (χ1) is 13.9. The first kappa shape index (κ1) is 19.1. The van der Waals surface area contributed by atoms with E-state index in [0.29, 0.717) is 28.3 Å². The molecule has 0 spiro atoms. The molecular formula is C20H19N3O5S. The van der Waals surface area contributed by atoms with Gasteiger partial charge in [-0.1, -0.05) is 11.8 Å². The molecule has 0 bridgehead atoms. The van der Waals surface area contributed by atoms with Crippen LogP contribution in [0.5, 0.6) is 17.2 Å². The molecule has 1 amide bonds. The van der Waals surface area contributed by atoms with E-state index < -0.39 is 5.79 Å². The molecule has 3 aromatic rings. The number of methoxy groups -OCH3 is 1. The number of nitrogens with zero attached hydrogens (tertiary/aromatic N) is 2. The summed E-state index contributed by atoms with van der Waals surface area (Å²) in [4.78, 5) is 12.3. The van der Waals surface area contributed by atoms with E-state index in [-0.39, 0.29) is 11.7 Å². The number of hydrogen-bond donors (Lipinski definition) is 1. The highest BCUT2D eigenvalue weighted by atomic mass is 32.2. The van der Waals surface area contributed by atoms with Crippen LogP contribution in [-0.4, -0.2) is 34.8 Å². The lowest BCUT2D eigenvalue weighted by molar-refractivity contribution is -0.113. The van der Waals surface area contributed by atoms with Gasteiger partial charge in [0.05, 0.1) is 12.9 Å². The highest BCUT2D eigenvalue weighted by molar-refractivity contribution is 7.99. The van der Waals surface area contributed by atoms with Crippen LogP contribution in [0.4, 0.5) is 5.69 Å². The number of thioether (sulfide) groups is 1. The third kappa shape index (κ3) is 4.45. The Labute approximate surface area is 171 Å². The second kappa shape index (κ2) is 7.67. The number of carbonyl (C=O) groups excluding carboxylic acids is 1. The van der Waals surface area contributed by atoms with E-state index in [1.807, 2.05) is 38.1 Å². The smallest absolute Gasteiger partial charge is 0.277 e. The first-order valence-electron chi connectivity index (χ1n) is 8.84. The second-order valence-electron chi connectivity index (χ2n) is 6.70. The Morgan fingerprint density at radius 2 is 1.86 bits per heavy atom. The second-order valence-corrected chi connectivity index (χ2v) is 7.63. The van der Waals surface area contributed by atoms with Gasteiger partial charge < -0.3 is 23.9 Å².